The number of hydrogen-bond donors (Lipinski definition) is 3. The molecule has 0 aliphatic carbocycles. The first kappa shape index (κ1) is 13.3. The lowest BCUT2D eigenvalue weighted by atomic mass is 10.1. The van der Waals surface area contributed by atoms with Crippen LogP contribution in [0.15, 0.2) is 54.6 Å². The number of thiocarbonyl (C=S) groups is 1. The molecule has 96 valence electrons. The zero-order valence-corrected chi connectivity index (χ0v) is 11.2. The molecule has 4 heteroatoms. The molecule has 0 atom stereocenters. The molecule has 0 heterocycles. The maximum Gasteiger partial charge on any atom is 0.185 e. The lowest BCUT2D eigenvalue weighted by molar-refractivity contribution is 1.04. The van der Waals surface area contributed by atoms with Gasteiger partial charge < -0.3 is 10.7 Å². The van der Waals surface area contributed by atoms with Crippen molar-refractivity contribution in [2.75, 3.05) is 5.32 Å². The summed E-state index contributed by atoms with van der Waals surface area (Å²) in [5.74, 6) is 5.20. The molecule has 3 nitrogen and oxygen atoms in total. The van der Waals surface area contributed by atoms with E-state index in [1.807, 2.05) is 42.5 Å². The second kappa shape index (κ2) is 6.68. The molecule has 0 saturated carbocycles. The molecule has 0 radical (unpaired) electrons. The predicted molar refractivity (Wildman–Crippen MR) is 85.4 cm³/mol. The Kier molecular flexibility index (Phi) is 4.66. The van der Waals surface area contributed by atoms with E-state index in [4.69, 9.17) is 18.1 Å². The van der Waals surface area contributed by atoms with E-state index in [9.17, 15) is 0 Å². The molecule has 0 fully saturated rings. The summed E-state index contributed by atoms with van der Waals surface area (Å²) in [4.78, 5) is 0. The van der Waals surface area contributed by atoms with Gasteiger partial charge in [0.15, 0.2) is 5.11 Å². The first-order chi connectivity index (χ1) is 9.28. The SMILES string of the molecule is NNC(=S)Nc1ccc(C=Cc2ccccc2)cc1. The number of hydrogen-bond acceptors (Lipinski definition) is 2. The Morgan fingerprint density at radius 2 is 1.47 bits per heavy atom. The first-order valence-corrected chi connectivity index (χ1v) is 6.29. The lowest BCUT2D eigenvalue weighted by Gasteiger charge is -2.06. The van der Waals surface area contributed by atoms with Crippen LogP contribution in [0.5, 0.6) is 0 Å². The monoisotopic (exact) mass is 269 g/mol. The van der Waals surface area contributed by atoms with Crippen molar-refractivity contribution in [3.63, 3.8) is 0 Å². The van der Waals surface area contributed by atoms with E-state index >= 15 is 0 Å². The van der Waals surface area contributed by atoms with Crippen LogP contribution in [0.2, 0.25) is 0 Å². The maximum absolute atomic E-state index is 5.20. The highest BCUT2D eigenvalue weighted by atomic mass is 32.1. The molecule has 4 N–H and O–H groups in total. The molecule has 0 aromatic heterocycles. The lowest BCUT2D eigenvalue weighted by Crippen LogP contribution is -2.34. The fourth-order valence-corrected chi connectivity index (χ4v) is 1.72. The summed E-state index contributed by atoms with van der Waals surface area (Å²) in [5, 5.41) is 3.36. The fourth-order valence-electron chi connectivity index (χ4n) is 1.60. The van der Waals surface area contributed by atoms with Crippen LogP contribution >= 0.6 is 12.2 Å². The van der Waals surface area contributed by atoms with Gasteiger partial charge in [-0.05, 0) is 35.5 Å². The van der Waals surface area contributed by atoms with Crippen LogP contribution in [-0.2, 0) is 0 Å². The minimum Gasteiger partial charge on any atom is -0.332 e. The van der Waals surface area contributed by atoms with E-state index in [0.717, 1.165) is 11.3 Å². The molecule has 19 heavy (non-hydrogen) atoms. The minimum atomic E-state index is 0.396. The van der Waals surface area contributed by atoms with Gasteiger partial charge in [-0.25, -0.2) is 5.84 Å². The van der Waals surface area contributed by atoms with Gasteiger partial charge >= 0.3 is 0 Å². The average molecular weight is 269 g/mol. The van der Waals surface area contributed by atoms with Crippen molar-refractivity contribution >= 4 is 35.2 Å². The van der Waals surface area contributed by atoms with Crippen LogP contribution in [0.1, 0.15) is 11.1 Å². The van der Waals surface area contributed by atoms with E-state index in [-0.39, 0.29) is 0 Å². The normalized spacial score (nSPS) is 10.4. The topological polar surface area (TPSA) is 50.1 Å². The van der Waals surface area contributed by atoms with Crippen LogP contribution in [-0.4, -0.2) is 5.11 Å². The highest BCUT2D eigenvalue weighted by Crippen LogP contribution is 2.12. The van der Waals surface area contributed by atoms with Gasteiger partial charge in [0.1, 0.15) is 0 Å². The van der Waals surface area contributed by atoms with E-state index in [1.54, 1.807) is 0 Å². The van der Waals surface area contributed by atoms with Gasteiger partial charge in [0.25, 0.3) is 0 Å². The van der Waals surface area contributed by atoms with Crippen molar-refractivity contribution in [1.29, 1.82) is 0 Å². The van der Waals surface area contributed by atoms with Gasteiger partial charge in [-0.2, -0.15) is 0 Å². The Labute approximate surface area is 118 Å². The number of hydrazine groups is 1. The molecule has 0 aliphatic heterocycles. The Balaban J connectivity index is 2.03. The summed E-state index contributed by atoms with van der Waals surface area (Å²) >= 11 is 4.92. The van der Waals surface area contributed by atoms with Crippen molar-refractivity contribution in [1.82, 2.24) is 5.43 Å². The molecule has 2 aromatic carbocycles. The smallest absolute Gasteiger partial charge is 0.185 e. The second-order valence-corrected chi connectivity index (χ2v) is 4.37. The standard InChI is InChI=1S/C15H15N3S/c16-18-15(19)17-14-10-8-13(9-11-14)7-6-12-4-2-1-3-5-12/h1-11H,16H2,(H2,17,18,19). The van der Waals surface area contributed by atoms with Crippen molar-refractivity contribution in [3.05, 3.63) is 65.7 Å². The number of anilines is 1. The Morgan fingerprint density at radius 3 is 2.05 bits per heavy atom. The minimum absolute atomic E-state index is 0.396. The molecule has 0 bridgehead atoms. The van der Waals surface area contributed by atoms with Gasteiger partial charge in [0.05, 0.1) is 0 Å². The third-order valence-corrected chi connectivity index (χ3v) is 2.79. The largest absolute Gasteiger partial charge is 0.332 e. The highest BCUT2D eigenvalue weighted by Gasteiger charge is 1.94. The molecule has 0 unspecified atom stereocenters. The molecule has 0 spiro atoms. The van der Waals surface area contributed by atoms with Gasteiger partial charge in [0.2, 0.25) is 0 Å². The van der Waals surface area contributed by atoms with E-state index < -0.39 is 0 Å². The molecule has 0 saturated heterocycles. The Hall–Kier alpha value is -2.17. The number of nitrogens with two attached hydrogens (primary N) is 1. The van der Waals surface area contributed by atoms with Crippen molar-refractivity contribution in [3.8, 4) is 0 Å². The van der Waals surface area contributed by atoms with Crippen LogP contribution in [0.25, 0.3) is 12.2 Å². The molecule has 0 amide bonds. The third kappa shape index (κ3) is 4.21. The molecule has 2 aromatic rings. The van der Waals surface area contributed by atoms with Crippen LogP contribution in [0.3, 0.4) is 0 Å². The van der Waals surface area contributed by atoms with Crippen LogP contribution in [0, 0.1) is 0 Å². The summed E-state index contributed by atoms with van der Waals surface area (Å²) in [5.41, 5.74) is 5.59. The molecular weight excluding hydrogens is 254 g/mol. The van der Waals surface area contributed by atoms with Gasteiger partial charge in [0, 0.05) is 5.69 Å². The van der Waals surface area contributed by atoms with Crippen molar-refractivity contribution in [2.45, 2.75) is 0 Å². The van der Waals surface area contributed by atoms with E-state index in [0.29, 0.717) is 5.11 Å². The predicted octanol–water partition coefficient (Wildman–Crippen LogP) is 3.02. The Morgan fingerprint density at radius 1 is 0.895 bits per heavy atom. The average Bonchev–Trinajstić information content (AvgIpc) is 2.47. The van der Waals surface area contributed by atoms with Crippen LogP contribution < -0.4 is 16.6 Å². The molecule has 0 aliphatic rings. The molecule has 2 rings (SSSR count). The fraction of sp³-hybridized carbons (Fsp3) is 0. The zero-order valence-electron chi connectivity index (χ0n) is 10.3. The van der Waals surface area contributed by atoms with E-state index in [1.165, 1.54) is 5.56 Å². The summed E-state index contributed by atoms with van der Waals surface area (Å²) in [6.45, 7) is 0. The highest BCUT2D eigenvalue weighted by molar-refractivity contribution is 7.80. The summed E-state index contributed by atoms with van der Waals surface area (Å²) in [6, 6.07) is 18.1. The number of nitrogens with one attached hydrogen (secondary N) is 2. The first-order valence-electron chi connectivity index (χ1n) is 5.89. The third-order valence-electron chi connectivity index (χ3n) is 2.57. The maximum atomic E-state index is 5.20. The van der Waals surface area contributed by atoms with Gasteiger partial charge in [-0.3, -0.25) is 0 Å². The zero-order chi connectivity index (χ0) is 13.5. The van der Waals surface area contributed by atoms with E-state index in [2.05, 4.69) is 35.0 Å². The van der Waals surface area contributed by atoms with Gasteiger partial charge in [-0.15, -0.1) is 0 Å². The Bertz CT molecular complexity index is 562. The number of benzene rings is 2. The summed E-state index contributed by atoms with van der Waals surface area (Å²) < 4.78 is 0. The van der Waals surface area contributed by atoms with Gasteiger partial charge in [-0.1, -0.05) is 54.6 Å². The second-order valence-electron chi connectivity index (χ2n) is 3.96. The molecular formula is C15H15N3S. The summed E-state index contributed by atoms with van der Waals surface area (Å²) in [7, 11) is 0. The number of rotatable bonds is 3. The van der Waals surface area contributed by atoms with Crippen LogP contribution in [0.4, 0.5) is 5.69 Å². The summed E-state index contributed by atoms with van der Waals surface area (Å²) in [6.07, 6.45) is 4.15. The quantitative estimate of drug-likeness (QED) is 0.347. The van der Waals surface area contributed by atoms with Crippen molar-refractivity contribution < 1.29 is 0 Å². The van der Waals surface area contributed by atoms with Crippen molar-refractivity contribution in [2.24, 2.45) is 5.84 Å².